The van der Waals surface area contributed by atoms with Crippen molar-refractivity contribution < 1.29 is 0 Å². The molecule has 0 spiro atoms. The van der Waals surface area contributed by atoms with Crippen LogP contribution in [0.15, 0.2) is 35.3 Å². The van der Waals surface area contributed by atoms with Crippen LogP contribution in [0.3, 0.4) is 0 Å². The number of nitrogens with zero attached hydrogens (tertiary/aromatic N) is 2. The van der Waals surface area contributed by atoms with Gasteiger partial charge in [0.1, 0.15) is 0 Å². The third-order valence-corrected chi connectivity index (χ3v) is 5.52. The van der Waals surface area contributed by atoms with Crippen LogP contribution in [-0.4, -0.2) is 35.3 Å². The highest BCUT2D eigenvalue weighted by Gasteiger charge is 2.42. The number of rotatable bonds is 3. The quantitative estimate of drug-likeness (QED) is 0.702. The van der Waals surface area contributed by atoms with Crippen LogP contribution in [0.4, 0.5) is 0 Å². The first-order chi connectivity index (χ1) is 10.7. The highest BCUT2D eigenvalue weighted by molar-refractivity contribution is 5.80. The lowest BCUT2D eigenvalue weighted by Gasteiger charge is -2.52. The van der Waals surface area contributed by atoms with Crippen LogP contribution in [0.1, 0.15) is 65.5 Å². The van der Waals surface area contributed by atoms with E-state index in [4.69, 9.17) is 4.99 Å². The maximum atomic E-state index is 4.91. The molecule has 23 heavy (non-hydrogen) atoms. The van der Waals surface area contributed by atoms with Crippen molar-refractivity contribution in [1.29, 1.82) is 0 Å². The fraction of sp³-hybridized carbons (Fsp3) is 0.571. The van der Waals surface area contributed by atoms with E-state index in [0.29, 0.717) is 6.04 Å². The van der Waals surface area contributed by atoms with E-state index in [1.807, 2.05) is 0 Å². The van der Waals surface area contributed by atoms with Gasteiger partial charge in [-0.25, -0.2) is 0 Å². The zero-order valence-electron chi connectivity index (χ0n) is 15.9. The summed E-state index contributed by atoms with van der Waals surface area (Å²) in [4.78, 5) is 7.41. The Balaban J connectivity index is 2.11. The Hall–Kier alpha value is -1.41. The molecule has 0 atom stereocenters. The van der Waals surface area contributed by atoms with Gasteiger partial charge in [-0.15, -0.1) is 0 Å². The molecule has 2 heteroatoms. The van der Waals surface area contributed by atoms with E-state index < -0.39 is 0 Å². The van der Waals surface area contributed by atoms with E-state index in [0.717, 1.165) is 12.8 Å². The first-order valence-corrected chi connectivity index (χ1v) is 8.66. The van der Waals surface area contributed by atoms with Gasteiger partial charge in [0.25, 0.3) is 0 Å². The molecule has 0 unspecified atom stereocenters. The standard InChI is InChI=1S/C21H32N2/c1-8-16(2)18-11-9-17(10-12-18)15-22-19-13-20(3,4)23(7)21(5,6)14-19/h8-12,15,19H,13-14H2,1-7H3/b16-8-,22-15+. The summed E-state index contributed by atoms with van der Waals surface area (Å²) in [6, 6.07) is 9.08. The lowest BCUT2D eigenvalue weighted by Crippen LogP contribution is -2.59. The molecule has 0 N–H and O–H groups in total. The molecule has 1 aliphatic heterocycles. The predicted octanol–water partition coefficient (Wildman–Crippen LogP) is 5.18. The summed E-state index contributed by atoms with van der Waals surface area (Å²) in [5, 5.41) is 0. The maximum absolute atomic E-state index is 4.91. The van der Waals surface area contributed by atoms with Crippen molar-refractivity contribution in [3.05, 3.63) is 41.5 Å². The SMILES string of the molecule is C/C=C(/C)c1ccc(/C=N/C2CC(C)(C)N(C)C(C)(C)C2)cc1. The van der Waals surface area contributed by atoms with Crippen molar-refractivity contribution in [2.45, 2.75) is 71.5 Å². The predicted molar refractivity (Wildman–Crippen MR) is 102 cm³/mol. The highest BCUT2D eigenvalue weighted by atomic mass is 15.2. The number of hydrogen-bond donors (Lipinski definition) is 0. The minimum atomic E-state index is 0.191. The number of aliphatic imine (C=N–C) groups is 1. The smallest absolute Gasteiger partial charge is 0.0534 e. The second-order valence-electron chi connectivity index (χ2n) is 8.12. The largest absolute Gasteiger partial charge is 0.296 e. The average Bonchev–Trinajstić information content (AvgIpc) is 2.50. The molecular weight excluding hydrogens is 280 g/mol. The first-order valence-electron chi connectivity index (χ1n) is 8.66. The van der Waals surface area contributed by atoms with Crippen LogP contribution in [-0.2, 0) is 0 Å². The van der Waals surface area contributed by atoms with Gasteiger partial charge in [0.15, 0.2) is 0 Å². The minimum Gasteiger partial charge on any atom is -0.296 e. The van der Waals surface area contributed by atoms with Gasteiger partial charge in [-0.2, -0.15) is 0 Å². The molecule has 0 amide bonds. The van der Waals surface area contributed by atoms with E-state index in [9.17, 15) is 0 Å². The normalized spacial score (nSPS) is 22.7. The molecule has 0 aromatic heterocycles. The fourth-order valence-electron chi connectivity index (χ4n) is 3.61. The molecular formula is C21H32N2. The number of likely N-dealkylation sites (tertiary alicyclic amines) is 1. The van der Waals surface area contributed by atoms with Crippen molar-refractivity contribution in [3.8, 4) is 0 Å². The third kappa shape index (κ3) is 4.11. The van der Waals surface area contributed by atoms with Gasteiger partial charge in [-0.1, -0.05) is 30.3 Å². The summed E-state index contributed by atoms with van der Waals surface area (Å²) < 4.78 is 0. The van der Waals surface area contributed by atoms with Crippen molar-refractivity contribution in [3.63, 3.8) is 0 Å². The van der Waals surface area contributed by atoms with Gasteiger partial charge in [0.05, 0.1) is 6.04 Å². The summed E-state index contributed by atoms with van der Waals surface area (Å²) in [7, 11) is 2.24. The van der Waals surface area contributed by atoms with Crippen LogP contribution in [0.2, 0.25) is 0 Å². The number of hydrogen-bond acceptors (Lipinski definition) is 2. The van der Waals surface area contributed by atoms with Gasteiger partial charge in [-0.3, -0.25) is 9.89 Å². The Bertz CT molecular complexity index is 573. The average molecular weight is 313 g/mol. The van der Waals surface area contributed by atoms with Crippen molar-refractivity contribution in [2.75, 3.05) is 7.05 Å². The molecule has 1 saturated heterocycles. The molecule has 1 fully saturated rings. The Morgan fingerprint density at radius 1 is 1.09 bits per heavy atom. The lowest BCUT2D eigenvalue weighted by molar-refractivity contribution is -0.0106. The third-order valence-electron chi connectivity index (χ3n) is 5.52. The molecule has 0 radical (unpaired) electrons. The van der Waals surface area contributed by atoms with Crippen molar-refractivity contribution >= 4 is 11.8 Å². The molecule has 1 heterocycles. The van der Waals surface area contributed by atoms with E-state index in [1.54, 1.807) is 0 Å². The molecule has 1 aromatic carbocycles. The molecule has 0 bridgehead atoms. The minimum absolute atomic E-state index is 0.191. The monoisotopic (exact) mass is 312 g/mol. The Labute approximate surface area is 142 Å². The maximum Gasteiger partial charge on any atom is 0.0534 e. The molecule has 2 rings (SSSR count). The zero-order valence-corrected chi connectivity index (χ0v) is 15.9. The number of allylic oxidation sites excluding steroid dienone is 2. The summed E-state index contributed by atoms with van der Waals surface area (Å²) >= 11 is 0. The molecule has 126 valence electrons. The number of benzene rings is 1. The van der Waals surface area contributed by atoms with Gasteiger partial charge in [0.2, 0.25) is 0 Å². The van der Waals surface area contributed by atoms with Gasteiger partial charge in [-0.05, 0) is 78.1 Å². The first kappa shape index (κ1) is 17.9. The zero-order chi connectivity index (χ0) is 17.3. The Morgan fingerprint density at radius 2 is 1.61 bits per heavy atom. The Kier molecular flexibility index (Phi) is 5.15. The summed E-state index contributed by atoms with van der Waals surface area (Å²) in [6.45, 7) is 13.5. The molecule has 1 aromatic rings. The van der Waals surface area contributed by atoms with E-state index in [1.165, 1.54) is 16.7 Å². The molecule has 0 saturated carbocycles. The van der Waals surface area contributed by atoms with Gasteiger partial charge >= 0.3 is 0 Å². The van der Waals surface area contributed by atoms with Crippen LogP contribution >= 0.6 is 0 Å². The van der Waals surface area contributed by atoms with E-state index in [2.05, 4.69) is 90.0 Å². The van der Waals surface area contributed by atoms with Crippen molar-refractivity contribution in [1.82, 2.24) is 4.90 Å². The summed E-state index contributed by atoms with van der Waals surface area (Å²) in [5.41, 5.74) is 4.17. The second-order valence-corrected chi connectivity index (χ2v) is 8.12. The van der Waals surface area contributed by atoms with Gasteiger partial charge in [0, 0.05) is 17.3 Å². The van der Waals surface area contributed by atoms with Gasteiger partial charge < -0.3 is 0 Å². The van der Waals surface area contributed by atoms with Crippen LogP contribution in [0.5, 0.6) is 0 Å². The van der Waals surface area contributed by atoms with Crippen LogP contribution in [0, 0.1) is 0 Å². The lowest BCUT2D eigenvalue weighted by atomic mass is 9.78. The molecule has 2 nitrogen and oxygen atoms in total. The van der Waals surface area contributed by atoms with E-state index in [-0.39, 0.29) is 11.1 Å². The summed E-state index contributed by atoms with van der Waals surface area (Å²) in [6.07, 6.45) is 6.42. The molecule has 1 aliphatic rings. The second kappa shape index (κ2) is 6.60. The van der Waals surface area contributed by atoms with Crippen LogP contribution < -0.4 is 0 Å². The van der Waals surface area contributed by atoms with E-state index >= 15 is 0 Å². The summed E-state index contributed by atoms with van der Waals surface area (Å²) in [5.74, 6) is 0. The highest BCUT2D eigenvalue weighted by Crippen LogP contribution is 2.38. The topological polar surface area (TPSA) is 15.6 Å². The fourth-order valence-corrected chi connectivity index (χ4v) is 3.61. The molecule has 0 aliphatic carbocycles. The van der Waals surface area contributed by atoms with Crippen LogP contribution in [0.25, 0.3) is 5.57 Å². The number of piperidine rings is 1. The Morgan fingerprint density at radius 3 is 2.09 bits per heavy atom. The van der Waals surface area contributed by atoms with Crippen molar-refractivity contribution in [2.24, 2.45) is 4.99 Å².